The van der Waals surface area contributed by atoms with Gasteiger partial charge >= 0.3 is 11.8 Å². The van der Waals surface area contributed by atoms with Gasteiger partial charge in [-0.25, -0.2) is 4.68 Å². The minimum Gasteiger partial charge on any atom is -0.396 e. The van der Waals surface area contributed by atoms with Crippen LogP contribution >= 0.6 is 0 Å². The van der Waals surface area contributed by atoms with Crippen molar-refractivity contribution in [2.75, 3.05) is 11.9 Å². The fourth-order valence-corrected chi connectivity index (χ4v) is 3.54. The van der Waals surface area contributed by atoms with Gasteiger partial charge in [-0.1, -0.05) is 12.8 Å². The van der Waals surface area contributed by atoms with Gasteiger partial charge in [0, 0.05) is 24.6 Å². The molecule has 24 heavy (non-hydrogen) atoms. The minimum absolute atomic E-state index is 0.0379. The van der Waals surface area contributed by atoms with Gasteiger partial charge in [0.15, 0.2) is 0 Å². The Kier molecular flexibility index (Phi) is 5.18. The molecule has 1 aromatic rings. The fraction of sp³-hybridized carbons (Fsp3) is 0.706. The van der Waals surface area contributed by atoms with E-state index >= 15 is 0 Å². The van der Waals surface area contributed by atoms with Gasteiger partial charge in [-0.05, 0) is 38.5 Å². The smallest absolute Gasteiger partial charge is 0.314 e. The third kappa shape index (κ3) is 3.77. The Morgan fingerprint density at radius 3 is 2.75 bits per heavy atom. The number of aromatic nitrogens is 2. The maximum Gasteiger partial charge on any atom is 0.314 e. The largest absolute Gasteiger partial charge is 0.396 e. The number of aliphatic hydroxyl groups is 1. The maximum atomic E-state index is 12.2. The second-order valence-corrected chi connectivity index (χ2v) is 7.00. The fourth-order valence-electron chi connectivity index (χ4n) is 3.54. The van der Waals surface area contributed by atoms with E-state index < -0.39 is 11.8 Å². The SMILES string of the molecule is C[C@H](C1CC1)n1nccc1NC(=O)C(=O)N[C@H]1CCCC[C@@H]1CO. The molecule has 3 atom stereocenters. The Morgan fingerprint density at radius 1 is 1.29 bits per heavy atom. The Balaban J connectivity index is 1.58. The van der Waals surface area contributed by atoms with Gasteiger partial charge in [-0.15, -0.1) is 0 Å². The molecule has 2 amide bonds. The number of carbonyl (C=O) groups is 2. The summed E-state index contributed by atoms with van der Waals surface area (Å²) in [5.41, 5.74) is 0. The molecule has 2 aliphatic rings. The second kappa shape index (κ2) is 7.34. The first-order chi connectivity index (χ1) is 11.6. The molecule has 3 rings (SSSR count). The van der Waals surface area contributed by atoms with Crippen molar-refractivity contribution in [3.05, 3.63) is 12.3 Å². The third-order valence-corrected chi connectivity index (χ3v) is 5.27. The highest BCUT2D eigenvalue weighted by molar-refractivity contribution is 6.39. The van der Waals surface area contributed by atoms with E-state index in [1.165, 1.54) is 12.8 Å². The van der Waals surface area contributed by atoms with Crippen LogP contribution in [0.5, 0.6) is 0 Å². The Morgan fingerprint density at radius 2 is 2.04 bits per heavy atom. The molecule has 0 radical (unpaired) electrons. The summed E-state index contributed by atoms with van der Waals surface area (Å²) in [6.07, 6.45) is 7.75. The number of aliphatic hydroxyl groups excluding tert-OH is 1. The topological polar surface area (TPSA) is 96.2 Å². The van der Waals surface area contributed by atoms with Crippen molar-refractivity contribution in [1.29, 1.82) is 0 Å². The molecule has 132 valence electrons. The number of nitrogens with one attached hydrogen (secondary N) is 2. The van der Waals surface area contributed by atoms with Crippen LogP contribution in [0.4, 0.5) is 5.82 Å². The lowest BCUT2D eigenvalue weighted by atomic mass is 9.85. The number of hydrogen-bond acceptors (Lipinski definition) is 4. The molecule has 2 fully saturated rings. The van der Waals surface area contributed by atoms with Gasteiger partial charge in [0.1, 0.15) is 5.82 Å². The van der Waals surface area contributed by atoms with E-state index in [4.69, 9.17) is 0 Å². The average Bonchev–Trinajstić information content (AvgIpc) is 3.34. The summed E-state index contributed by atoms with van der Waals surface area (Å²) < 4.78 is 1.78. The third-order valence-electron chi connectivity index (χ3n) is 5.27. The number of amides is 2. The van der Waals surface area contributed by atoms with E-state index in [0.717, 1.165) is 25.7 Å². The van der Waals surface area contributed by atoms with Crippen LogP contribution in [-0.2, 0) is 9.59 Å². The highest BCUT2D eigenvalue weighted by Crippen LogP contribution is 2.40. The van der Waals surface area contributed by atoms with Crippen LogP contribution in [0, 0.1) is 11.8 Å². The standard InChI is InChI=1S/C17H26N4O3/c1-11(12-6-7-12)21-15(8-9-18-21)20-17(24)16(23)19-14-5-3-2-4-13(14)10-22/h8-9,11-14,22H,2-7,10H2,1H3,(H,19,23)(H,20,24)/t11-,13-,14+/m1/s1. The van der Waals surface area contributed by atoms with Gasteiger partial charge in [-0.3, -0.25) is 9.59 Å². The predicted molar refractivity (Wildman–Crippen MR) is 89.3 cm³/mol. The number of anilines is 1. The van der Waals surface area contributed by atoms with Crippen LogP contribution in [0.1, 0.15) is 51.5 Å². The zero-order valence-electron chi connectivity index (χ0n) is 14.1. The zero-order chi connectivity index (χ0) is 17.1. The number of carbonyl (C=O) groups excluding carboxylic acids is 2. The molecule has 1 heterocycles. The molecule has 0 aliphatic heterocycles. The molecule has 0 aromatic carbocycles. The molecule has 0 spiro atoms. The maximum absolute atomic E-state index is 12.2. The summed E-state index contributed by atoms with van der Waals surface area (Å²) in [7, 11) is 0. The highest BCUT2D eigenvalue weighted by Gasteiger charge is 2.32. The van der Waals surface area contributed by atoms with Crippen LogP contribution in [0.3, 0.4) is 0 Å². The predicted octanol–water partition coefficient (Wildman–Crippen LogP) is 1.46. The number of nitrogens with zero attached hydrogens (tertiary/aromatic N) is 2. The molecule has 0 unspecified atom stereocenters. The first kappa shape index (κ1) is 17.0. The van der Waals surface area contributed by atoms with Crippen molar-refractivity contribution in [3.63, 3.8) is 0 Å². The monoisotopic (exact) mass is 334 g/mol. The summed E-state index contributed by atoms with van der Waals surface area (Å²) >= 11 is 0. The number of rotatable bonds is 5. The van der Waals surface area contributed by atoms with Crippen molar-refractivity contribution in [3.8, 4) is 0 Å². The van der Waals surface area contributed by atoms with Gasteiger partial charge in [0.25, 0.3) is 0 Å². The molecule has 0 bridgehead atoms. The molecule has 7 nitrogen and oxygen atoms in total. The lowest BCUT2D eigenvalue weighted by Gasteiger charge is -2.30. The molecule has 3 N–H and O–H groups in total. The normalized spacial score (nSPS) is 25.1. The summed E-state index contributed by atoms with van der Waals surface area (Å²) in [6.45, 7) is 2.12. The summed E-state index contributed by atoms with van der Waals surface area (Å²) in [5.74, 6) is -0.135. The number of hydrogen-bond donors (Lipinski definition) is 3. The van der Waals surface area contributed by atoms with Gasteiger partial charge in [0.05, 0.1) is 12.2 Å². The van der Waals surface area contributed by atoms with Crippen LogP contribution in [0.25, 0.3) is 0 Å². The zero-order valence-corrected chi connectivity index (χ0v) is 14.1. The van der Waals surface area contributed by atoms with Gasteiger partial charge < -0.3 is 15.7 Å². The van der Waals surface area contributed by atoms with Crippen molar-refractivity contribution < 1.29 is 14.7 Å². The van der Waals surface area contributed by atoms with Gasteiger partial charge in [-0.2, -0.15) is 5.10 Å². The van der Waals surface area contributed by atoms with E-state index in [9.17, 15) is 14.7 Å². The lowest BCUT2D eigenvalue weighted by molar-refractivity contribution is -0.137. The summed E-state index contributed by atoms with van der Waals surface area (Å²) in [6, 6.07) is 1.80. The van der Waals surface area contributed by atoms with E-state index in [-0.39, 0.29) is 24.6 Å². The van der Waals surface area contributed by atoms with Crippen LogP contribution in [-0.4, -0.2) is 39.4 Å². The molecular formula is C17H26N4O3. The minimum atomic E-state index is -0.679. The van der Waals surface area contributed by atoms with Crippen LogP contribution in [0.15, 0.2) is 12.3 Å². The lowest BCUT2D eigenvalue weighted by Crippen LogP contribution is -2.47. The van der Waals surface area contributed by atoms with E-state index in [2.05, 4.69) is 22.7 Å². The molecular weight excluding hydrogens is 308 g/mol. The van der Waals surface area contributed by atoms with Crippen molar-refractivity contribution in [2.24, 2.45) is 11.8 Å². The van der Waals surface area contributed by atoms with Crippen molar-refractivity contribution in [2.45, 2.75) is 57.5 Å². The molecule has 0 saturated heterocycles. The molecule has 2 saturated carbocycles. The van der Waals surface area contributed by atoms with E-state index in [1.807, 2.05) is 0 Å². The molecule has 1 aromatic heterocycles. The Bertz CT molecular complexity index is 596. The first-order valence-electron chi connectivity index (χ1n) is 8.86. The van der Waals surface area contributed by atoms with Crippen molar-refractivity contribution >= 4 is 17.6 Å². The van der Waals surface area contributed by atoms with Crippen molar-refractivity contribution in [1.82, 2.24) is 15.1 Å². The second-order valence-electron chi connectivity index (χ2n) is 7.00. The summed E-state index contributed by atoms with van der Waals surface area (Å²) in [5, 5.41) is 19.1. The van der Waals surface area contributed by atoms with E-state index in [1.54, 1.807) is 16.9 Å². The highest BCUT2D eigenvalue weighted by atomic mass is 16.3. The Labute approximate surface area is 141 Å². The quantitative estimate of drug-likeness (QED) is 0.710. The van der Waals surface area contributed by atoms with E-state index in [0.29, 0.717) is 11.7 Å². The Hall–Kier alpha value is -1.89. The molecule has 7 heteroatoms. The summed E-state index contributed by atoms with van der Waals surface area (Å²) in [4.78, 5) is 24.4. The first-order valence-corrected chi connectivity index (χ1v) is 8.86. The van der Waals surface area contributed by atoms with Crippen LogP contribution in [0.2, 0.25) is 0 Å². The van der Waals surface area contributed by atoms with Gasteiger partial charge in [0.2, 0.25) is 0 Å². The molecule has 2 aliphatic carbocycles. The average molecular weight is 334 g/mol. The van der Waals surface area contributed by atoms with Crippen LogP contribution < -0.4 is 10.6 Å².